The highest BCUT2D eigenvalue weighted by molar-refractivity contribution is 5.82. The summed E-state index contributed by atoms with van der Waals surface area (Å²) in [5.74, 6) is 0.329. The van der Waals surface area contributed by atoms with Crippen molar-refractivity contribution in [1.29, 1.82) is 5.26 Å². The zero-order valence-electron chi connectivity index (χ0n) is 16.7. The van der Waals surface area contributed by atoms with Crippen LogP contribution in [0.5, 0.6) is 5.75 Å². The van der Waals surface area contributed by atoms with Gasteiger partial charge < -0.3 is 14.6 Å². The van der Waals surface area contributed by atoms with Crippen LogP contribution in [-0.4, -0.2) is 35.6 Å². The van der Waals surface area contributed by atoms with Gasteiger partial charge in [0.15, 0.2) is 0 Å². The molecule has 0 bridgehead atoms. The average Bonchev–Trinajstić information content (AvgIpc) is 2.75. The lowest BCUT2D eigenvalue weighted by Gasteiger charge is -2.32. The Morgan fingerprint density at radius 1 is 1.17 bits per heavy atom. The summed E-state index contributed by atoms with van der Waals surface area (Å²) in [6.07, 6.45) is 3.81. The number of nitriles is 1. The van der Waals surface area contributed by atoms with E-state index in [0.29, 0.717) is 10.9 Å². The van der Waals surface area contributed by atoms with E-state index < -0.39 is 5.82 Å². The monoisotopic (exact) mass is 405 g/mol. The number of H-pyrrole nitrogens is 1. The number of piperidine rings is 1. The largest absolute Gasteiger partial charge is 0.490 e. The first-order chi connectivity index (χ1) is 14.6. The summed E-state index contributed by atoms with van der Waals surface area (Å²) in [6, 6.07) is 15.9. The molecular weight excluding hydrogens is 381 g/mol. The molecular formula is C24H24FN3O2. The Morgan fingerprint density at radius 2 is 1.93 bits per heavy atom. The predicted molar refractivity (Wildman–Crippen MR) is 114 cm³/mol. The van der Waals surface area contributed by atoms with Gasteiger partial charge >= 0.3 is 0 Å². The minimum atomic E-state index is -0.480. The number of likely N-dealkylation sites (tertiary alicyclic amines) is 1. The van der Waals surface area contributed by atoms with Crippen LogP contribution in [0.15, 0.2) is 53.3 Å². The topological polar surface area (TPSA) is 69.1 Å². The van der Waals surface area contributed by atoms with Crippen molar-refractivity contribution in [3.05, 3.63) is 76.0 Å². The third-order valence-electron chi connectivity index (χ3n) is 5.62. The van der Waals surface area contributed by atoms with Crippen molar-refractivity contribution in [2.45, 2.75) is 31.8 Å². The van der Waals surface area contributed by atoms with E-state index in [0.717, 1.165) is 56.8 Å². The third-order valence-corrected chi connectivity index (χ3v) is 5.62. The van der Waals surface area contributed by atoms with Crippen LogP contribution in [-0.2, 0) is 6.42 Å². The maximum atomic E-state index is 13.8. The predicted octanol–water partition coefficient (Wildman–Crippen LogP) is 4.01. The van der Waals surface area contributed by atoms with Crippen LogP contribution in [0.4, 0.5) is 4.39 Å². The molecule has 0 radical (unpaired) electrons. The van der Waals surface area contributed by atoms with Gasteiger partial charge in [0.25, 0.3) is 5.56 Å². The lowest BCUT2D eigenvalue weighted by atomic mass is 10.1. The molecule has 4 rings (SSSR count). The highest BCUT2D eigenvalue weighted by atomic mass is 19.1. The number of pyridine rings is 1. The number of hydrogen-bond donors (Lipinski definition) is 1. The summed E-state index contributed by atoms with van der Waals surface area (Å²) in [6.45, 7) is 2.90. The molecule has 1 aliphatic heterocycles. The molecule has 3 aromatic rings. The molecule has 1 aliphatic rings. The number of aromatic nitrogens is 1. The van der Waals surface area contributed by atoms with Crippen molar-refractivity contribution in [3.63, 3.8) is 0 Å². The molecule has 0 unspecified atom stereocenters. The van der Waals surface area contributed by atoms with Crippen molar-refractivity contribution in [2.24, 2.45) is 0 Å². The molecule has 1 fully saturated rings. The molecule has 0 aliphatic carbocycles. The lowest BCUT2D eigenvalue weighted by molar-refractivity contribution is 0.0999. The molecule has 0 atom stereocenters. The minimum absolute atomic E-state index is 0.130. The molecule has 2 heterocycles. The highest BCUT2D eigenvalue weighted by Crippen LogP contribution is 2.20. The van der Waals surface area contributed by atoms with E-state index in [9.17, 15) is 9.18 Å². The van der Waals surface area contributed by atoms with Gasteiger partial charge in [-0.05, 0) is 74.0 Å². The Kier molecular flexibility index (Phi) is 6.10. The van der Waals surface area contributed by atoms with E-state index in [4.69, 9.17) is 10.00 Å². The Balaban J connectivity index is 1.24. The second-order valence-electron chi connectivity index (χ2n) is 7.73. The Morgan fingerprint density at radius 3 is 2.67 bits per heavy atom. The van der Waals surface area contributed by atoms with Gasteiger partial charge in [0, 0.05) is 18.8 Å². The lowest BCUT2D eigenvalue weighted by Crippen LogP contribution is -2.38. The Labute approximate surface area is 174 Å². The number of halogens is 1. The van der Waals surface area contributed by atoms with E-state index >= 15 is 0 Å². The van der Waals surface area contributed by atoms with Gasteiger partial charge in [-0.15, -0.1) is 0 Å². The van der Waals surface area contributed by atoms with Crippen LogP contribution in [0.25, 0.3) is 10.8 Å². The molecule has 0 spiro atoms. The molecule has 2 aromatic carbocycles. The van der Waals surface area contributed by atoms with Crippen molar-refractivity contribution in [1.82, 2.24) is 9.88 Å². The number of nitrogens with one attached hydrogen (secondary N) is 1. The third kappa shape index (κ3) is 4.69. The maximum Gasteiger partial charge on any atom is 0.258 e. The van der Waals surface area contributed by atoms with Crippen molar-refractivity contribution >= 4 is 10.8 Å². The number of fused-ring (bicyclic) bond motifs is 1. The minimum Gasteiger partial charge on any atom is -0.490 e. The maximum absolute atomic E-state index is 13.8. The van der Waals surface area contributed by atoms with Crippen LogP contribution in [0.3, 0.4) is 0 Å². The number of rotatable bonds is 6. The number of benzene rings is 2. The molecule has 30 heavy (non-hydrogen) atoms. The molecule has 1 saturated heterocycles. The summed E-state index contributed by atoms with van der Waals surface area (Å²) >= 11 is 0. The average molecular weight is 405 g/mol. The smallest absolute Gasteiger partial charge is 0.258 e. The number of aryl methyl sites for hydroxylation is 1. The zero-order chi connectivity index (χ0) is 20.9. The summed E-state index contributed by atoms with van der Waals surface area (Å²) in [7, 11) is 0. The summed E-state index contributed by atoms with van der Waals surface area (Å²) in [5.41, 5.74) is 1.12. The van der Waals surface area contributed by atoms with E-state index in [1.165, 1.54) is 6.07 Å². The number of aromatic amines is 1. The molecule has 0 saturated carbocycles. The van der Waals surface area contributed by atoms with Gasteiger partial charge in [0.05, 0.1) is 17.0 Å². The fraction of sp³-hybridized carbons (Fsp3) is 0.333. The van der Waals surface area contributed by atoms with E-state index in [1.807, 2.05) is 18.2 Å². The molecule has 6 heteroatoms. The van der Waals surface area contributed by atoms with E-state index in [1.54, 1.807) is 24.3 Å². The van der Waals surface area contributed by atoms with Gasteiger partial charge in [-0.2, -0.15) is 5.26 Å². The number of ether oxygens (including phenoxy) is 1. The van der Waals surface area contributed by atoms with Gasteiger partial charge in [-0.1, -0.05) is 12.1 Å². The normalized spacial score (nSPS) is 15.2. The first-order valence-electron chi connectivity index (χ1n) is 10.3. The molecule has 154 valence electrons. The van der Waals surface area contributed by atoms with Crippen molar-refractivity contribution in [2.75, 3.05) is 19.6 Å². The van der Waals surface area contributed by atoms with Crippen LogP contribution in [0, 0.1) is 17.1 Å². The Hall–Kier alpha value is -3.17. The van der Waals surface area contributed by atoms with Crippen LogP contribution < -0.4 is 10.3 Å². The molecule has 0 amide bonds. The first-order valence-corrected chi connectivity index (χ1v) is 10.3. The van der Waals surface area contributed by atoms with Gasteiger partial charge in [-0.25, -0.2) is 4.39 Å². The second kappa shape index (κ2) is 9.10. The quantitative estimate of drug-likeness (QED) is 0.673. The van der Waals surface area contributed by atoms with E-state index in [-0.39, 0.29) is 17.0 Å². The van der Waals surface area contributed by atoms with Gasteiger partial charge in [0.1, 0.15) is 17.7 Å². The van der Waals surface area contributed by atoms with Crippen LogP contribution in [0.2, 0.25) is 0 Å². The van der Waals surface area contributed by atoms with Gasteiger partial charge in [0.2, 0.25) is 0 Å². The number of nitrogens with zero attached hydrogens (tertiary/aromatic N) is 2. The summed E-state index contributed by atoms with van der Waals surface area (Å²) in [4.78, 5) is 17.4. The Bertz CT molecular complexity index is 1110. The van der Waals surface area contributed by atoms with Crippen molar-refractivity contribution < 1.29 is 9.13 Å². The first kappa shape index (κ1) is 20.1. The molecule has 5 nitrogen and oxygen atoms in total. The summed E-state index contributed by atoms with van der Waals surface area (Å²) < 4.78 is 19.9. The number of hydrogen-bond acceptors (Lipinski definition) is 4. The summed E-state index contributed by atoms with van der Waals surface area (Å²) in [5, 5.41) is 9.64. The fourth-order valence-electron chi connectivity index (χ4n) is 4.01. The SMILES string of the molecule is N#Cc1ccc(OC2CCN(CCCc3cc4cccc(F)c4c(=O)[nH]3)CC2)cc1. The van der Waals surface area contributed by atoms with Crippen LogP contribution in [0.1, 0.15) is 30.5 Å². The van der Waals surface area contributed by atoms with Gasteiger partial charge in [-0.3, -0.25) is 4.79 Å². The van der Waals surface area contributed by atoms with Crippen molar-refractivity contribution in [3.8, 4) is 11.8 Å². The fourth-order valence-corrected chi connectivity index (χ4v) is 4.01. The molecule has 1 aromatic heterocycles. The van der Waals surface area contributed by atoms with Crippen LogP contribution >= 0.6 is 0 Å². The molecule has 1 N–H and O–H groups in total. The highest BCUT2D eigenvalue weighted by Gasteiger charge is 2.20. The standard InChI is InChI=1S/C24H24FN3O2/c25-22-5-1-3-18-15-19(27-24(29)23(18)22)4-2-12-28-13-10-21(11-14-28)30-20-8-6-17(16-26)7-9-20/h1,3,5-9,15,21H,2,4,10-14H2,(H,27,29). The second-order valence-corrected chi connectivity index (χ2v) is 7.73. The zero-order valence-corrected chi connectivity index (χ0v) is 16.7. The van der Waals surface area contributed by atoms with E-state index in [2.05, 4.69) is 16.0 Å².